The largest absolute Gasteiger partial charge is 0.280 e. The molecule has 1 aromatic heterocycles. The molecule has 0 radical (unpaired) electrons. The standard InChI is InChI=1S/C19H22N4O4S3/c1-13-10-14(2)12-23(11-13)30(26,27)16-8-6-15(7-9-16)22-29(24,25)18-5-3-4-17-19(18)21-28-20-17/h3-9,13-14,22H,10-12H2,1-2H3/t13-,14-/m0/s1. The lowest BCUT2D eigenvalue weighted by molar-refractivity contribution is 0.222. The molecule has 160 valence electrons. The summed E-state index contributed by atoms with van der Waals surface area (Å²) in [6, 6.07) is 10.5. The van der Waals surface area contributed by atoms with Crippen molar-refractivity contribution in [3.05, 3.63) is 42.5 Å². The highest BCUT2D eigenvalue weighted by Gasteiger charge is 2.31. The van der Waals surface area contributed by atoms with Crippen LogP contribution in [0.15, 0.2) is 52.3 Å². The van der Waals surface area contributed by atoms with Gasteiger partial charge in [0.05, 0.1) is 16.6 Å². The van der Waals surface area contributed by atoms with Gasteiger partial charge in [-0.25, -0.2) is 16.8 Å². The first-order valence-electron chi connectivity index (χ1n) is 9.51. The van der Waals surface area contributed by atoms with Gasteiger partial charge in [0, 0.05) is 18.8 Å². The highest BCUT2D eigenvalue weighted by molar-refractivity contribution is 7.93. The minimum absolute atomic E-state index is 0.0294. The molecule has 1 aliphatic rings. The maximum Gasteiger partial charge on any atom is 0.264 e. The van der Waals surface area contributed by atoms with Gasteiger partial charge in [0.2, 0.25) is 10.0 Å². The predicted octanol–water partition coefficient (Wildman–Crippen LogP) is 3.16. The smallest absolute Gasteiger partial charge is 0.264 e. The van der Waals surface area contributed by atoms with Gasteiger partial charge in [-0.3, -0.25) is 4.72 Å². The summed E-state index contributed by atoms with van der Waals surface area (Å²) in [6.07, 6.45) is 1.01. The van der Waals surface area contributed by atoms with Crippen LogP contribution >= 0.6 is 11.7 Å². The van der Waals surface area contributed by atoms with E-state index in [0.717, 1.165) is 18.1 Å². The molecule has 2 heterocycles. The first-order valence-corrected chi connectivity index (χ1v) is 13.2. The Morgan fingerprint density at radius 1 is 0.967 bits per heavy atom. The van der Waals surface area contributed by atoms with Crippen molar-refractivity contribution in [1.29, 1.82) is 0 Å². The summed E-state index contributed by atoms with van der Waals surface area (Å²) >= 11 is 0.944. The van der Waals surface area contributed by atoms with E-state index in [1.165, 1.54) is 34.6 Å². The lowest BCUT2D eigenvalue weighted by atomic mass is 9.94. The predicted molar refractivity (Wildman–Crippen MR) is 116 cm³/mol. The van der Waals surface area contributed by atoms with Crippen LogP contribution in [0.1, 0.15) is 20.3 Å². The third kappa shape index (κ3) is 4.07. The zero-order valence-corrected chi connectivity index (χ0v) is 19.0. The van der Waals surface area contributed by atoms with Gasteiger partial charge in [-0.05, 0) is 54.7 Å². The average Bonchev–Trinajstić information content (AvgIpc) is 3.16. The molecule has 0 aliphatic carbocycles. The molecule has 2 atom stereocenters. The molecule has 1 N–H and O–H groups in total. The van der Waals surface area contributed by atoms with Crippen molar-refractivity contribution in [2.24, 2.45) is 11.8 Å². The quantitative estimate of drug-likeness (QED) is 0.619. The van der Waals surface area contributed by atoms with E-state index in [1.807, 2.05) is 0 Å². The fraction of sp³-hybridized carbons (Fsp3) is 0.368. The Hall–Kier alpha value is -2.08. The third-order valence-electron chi connectivity index (χ3n) is 5.12. The molecule has 0 bridgehead atoms. The van der Waals surface area contributed by atoms with Crippen molar-refractivity contribution >= 4 is 48.5 Å². The summed E-state index contributed by atoms with van der Waals surface area (Å²) in [5.41, 5.74) is 1.09. The minimum Gasteiger partial charge on any atom is -0.280 e. The van der Waals surface area contributed by atoms with Gasteiger partial charge in [0.15, 0.2) is 0 Å². The molecule has 1 saturated heterocycles. The van der Waals surface area contributed by atoms with E-state index in [-0.39, 0.29) is 15.5 Å². The fourth-order valence-corrected chi connectivity index (χ4v) is 7.36. The molecule has 0 amide bonds. The maximum absolute atomic E-state index is 13.0. The second kappa shape index (κ2) is 7.88. The number of hydrogen-bond acceptors (Lipinski definition) is 7. The summed E-state index contributed by atoms with van der Waals surface area (Å²) < 4.78 is 63.7. The van der Waals surface area contributed by atoms with E-state index in [1.54, 1.807) is 12.1 Å². The van der Waals surface area contributed by atoms with E-state index in [2.05, 4.69) is 27.3 Å². The SMILES string of the molecule is C[C@H]1C[C@H](C)CN(S(=O)(=O)c2ccc(NS(=O)(=O)c3cccc4nsnc34)cc2)C1. The van der Waals surface area contributed by atoms with Gasteiger partial charge in [-0.2, -0.15) is 13.1 Å². The molecule has 1 fully saturated rings. The normalized spacial score (nSPS) is 21.0. The van der Waals surface area contributed by atoms with Crippen molar-refractivity contribution in [3.63, 3.8) is 0 Å². The number of nitrogens with zero attached hydrogens (tertiary/aromatic N) is 3. The average molecular weight is 467 g/mol. The lowest BCUT2D eigenvalue weighted by Gasteiger charge is -2.34. The van der Waals surface area contributed by atoms with E-state index < -0.39 is 20.0 Å². The van der Waals surface area contributed by atoms with Crippen LogP contribution in [0.2, 0.25) is 0 Å². The van der Waals surface area contributed by atoms with E-state index >= 15 is 0 Å². The Labute approximate surface area is 180 Å². The van der Waals surface area contributed by atoms with Gasteiger partial charge in [-0.1, -0.05) is 19.9 Å². The summed E-state index contributed by atoms with van der Waals surface area (Å²) in [5.74, 6) is 0.607. The number of benzene rings is 2. The van der Waals surface area contributed by atoms with Crippen LogP contribution in [0.4, 0.5) is 5.69 Å². The highest BCUT2D eigenvalue weighted by atomic mass is 32.2. The zero-order valence-electron chi connectivity index (χ0n) is 16.5. The molecule has 11 heteroatoms. The molecule has 30 heavy (non-hydrogen) atoms. The number of anilines is 1. The van der Waals surface area contributed by atoms with Crippen LogP contribution in [-0.4, -0.2) is 43.0 Å². The van der Waals surface area contributed by atoms with Crippen molar-refractivity contribution in [2.45, 2.75) is 30.1 Å². The Morgan fingerprint density at radius 3 is 2.30 bits per heavy atom. The van der Waals surface area contributed by atoms with Crippen LogP contribution in [0.25, 0.3) is 11.0 Å². The van der Waals surface area contributed by atoms with Crippen molar-refractivity contribution in [2.75, 3.05) is 17.8 Å². The molecule has 0 unspecified atom stereocenters. The minimum atomic E-state index is -3.90. The number of nitrogens with one attached hydrogen (secondary N) is 1. The van der Waals surface area contributed by atoms with Gasteiger partial charge < -0.3 is 0 Å². The van der Waals surface area contributed by atoms with E-state index in [0.29, 0.717) is 36.0 Å². The molecule has 1 aliphatic heterocycles. The molecule has 0 saturated carbocycles. The summed E-state index contributed by atoms with van der Waals surface area (Å²) in [7, 11) is -7.52. The highest BCUT2D eigenvalue weighted by Crippen LogP contribution is 2.28. The third-order valence-corrected chi connectivity index (χ3v) is 8.92. The number of hydrogen-bond donors (Lipinski definition) is 1. The topological polar surface area (TPSA) is 109 Å². The molecule has 2 aromatic carbocycles. The summed E-state index contributed by atoms with van der Waals surface area (Å²) in [4.78, 5) is 0.180. The van der Waals surface area contributed by atoms with Gasteiger partial charge in [0.1, 0.15) is 15.9 Å². The van der Waals surface area contributed by atoms with E-state index in [9.17, 15) is 16.8 Å². The number of sulfonamides is 2. The second-order valence-electron chi connectivity index (χ2n) is 7.79. The molecule has 3 aromatic rings. The second-order valence-corrected chi connectivity index (χ2v) is 11.9. The monoisotopic (exact) mass is 466 g/mol. The molecule has 8 nitrogen and oxygen atoms in total. The first kappa shape index (κ1) is 21.2. The number of piperidine rings is 1. The Kier molecular flexibility index (Phi) is 5.56. The van der Waals surface area contributed by atoms with Crippen LogP contribution < -0.4 is 4.72 Å². The van der Waals surface area contributed by atoms with Crippen LogP contribution in [0.5, 0.6) is 0 Å². The van der Waals surface area contributed by atoms with Gasteiger partial charge in [-0.15, -0.1) is 0 Å². The van der Waals surface area contributed by atoms with E-state index in [4.69, 9.17) is 0 Å². The zero-order chi connectivity index (χ0) is 21.5. The number of aromatic nitrogens is 2. The molecule has 4 rings (SSSR count). The Bertz CT molecular complexity index is 1260. The van der Waals surface area contributed by atoms with Crippen molar-refractivity contribution in [1.82, 2.24) is 13.1 Å². The van der Waals surface area contributed by atoms with Crippen LogP contribution in [-0.2, 0) is 20.0 Å². The van der Waals surface area contributed by atoms with Crippen molar-refractivity contribution < 1.29 is 16.8 Å². The summed E-state index contributed by atoms with van der Waals surface area (Å²) in [5, 5.41) is 0. The van der Waals surface area contributed by atoms with Crippen molar-refractivity contribution in [3.8, 4) is 0 Å². The molecular formula is C19H22N4O4S3. The Balaban J connectivity index is 1.57. The van der Waals surface area contributed by atoms with Gasteiger partial charge >= 0.3 is 0 Å². The number of rotatable bonds is 5. The fourth-order valence-electron chi connectivity index (χ4n) is 3.85. The maximum atomic E-state index is 13.0. The lowest BCUT2D eigenvalue weighted by Crippen LogP contribution is -2.42. The summed E-state index contributed by atoms with van der Waals surface area (Å²) in [6.45, 7) is 5.09. The molecule has 0 spiro atoms. The van der Waals surface area contributed by atoms with Gasteiger partial charge in [0.25, 0.3) is 10.0 Å². The Morgan fingerprint density at radius 2 is 1.63 bits per heavy atom. The molecular weight excluding hydrogens is 444 g/mol. The van der Waals surface area contributed by atoms with Crippen LogP contribution in [0.3, 0.4) is 0 Å². The first-order chi connectivity index (χ1) is 14.2. The van der Waals surface area contributed by atoms with Crippen LogP contribution in [0, 0.1) is 11.8 Å². The number of fused-ring (bicyclic) bond motifs is 1.